The van der Waals surface area contributed by atoms with Crippen LogP contribution in [0.3, 0.4) is 0 Å². The smallest absolute Gasteiger partial charge is 0.282 e. The Morgan fingerprint density at radius 3 is 2.50 bits per heavy atom. The van der Waals surface area contributed by atoms with Gasteiger partial charge in [-0.2, -0.15) is 13.5 Å². The van der Waals surface area contributed by atoms with Gasteiger partial charge in [0.05, 0.1) is 0 Å². The number of anilines is 1. The van der Waals surface area contributed by atoms with E-state index in [9.17, 15) is 8.42 Å². The molecule has 2 rings (SSSR count). The van der Waals surface area contributed by atoms with E-state index in [0.29, 0.717) is 16.2 Å². The number of aromatic nitrogens is 4. The number of hydrogen-bond donors (Lipinski definition) is 1. The third-order valence-electron chi connectivity index (χ3n) is 2.45. The van der Waals surface area contributed by atoms with E-state index < -0.39 is 10.0 Å². The fourth-order valence-corrected chi connectivity index (χ4v) is 2.95. The summed E-state index contributed by atoms with van der Waals surface area (Å²) in [7, 11) is -0.305. The molecule has 0 amide bonds. The maximum absolute atomic E-state index is 12.1. The number of hydrogen-bond acceptors (Lipinski definition) is 4. The highest BCUT2D eigenvalue weighted by molar-refractivity contribution is 9.10. The number of halogens is 1. The molecule has 0 saturated heterocycles. The van der Waals surface area contributed by atoms with Gasteiger partial charge in [-0.3, -0.25) is 9.40 Å². The van der Waals surface area contributed by atoms with Crippen LogP contribution in [0.25, 0.3) is 0 Å². The molecule has 0 radical (unpaired) electrons. The molecule has 0 atom stereocenters. The van der Waals surface area contributed by atoms with Crippen molar-refractivity contribution in [2.75, 3.05) is 4.72 Å². The monoisotopic (exact) mass is 333 g/mol. The van der Waals surface area contributed by atoms with Crippen molar-refractivity contribution < 1.29 is 8.42 Å². The van der Waals surface area contributed by atoms with Gasteiger partial charge in [0.15, 0.2) is 5.03 Å². The Bertz CT molecular complexity index is 668. The van der Waals surface area contributed by atoms with Gasteiger partial charge in [-0.25, -0.2) is 4.98 Å². The molecule has 18 heavy (non-hydrogen) atoms. The highest BCUT2D eigenvalue weighted by Gasteiger charge is 2.20. The summed E-state index contributed by atoms with van der Waals surface area (Å²) in [6.45, 7) is 1.74. The van der Waals surface area contributed by atoms with Crippen LogP contribution < -0.4 is 4.72 Å². The van der Waals surface area contributed by atoms with Crippen molar-refractivity contribution in [3.63, 3.8) is 0 Å². The summed E-state index contributed by atoms with van der Waals surface area (Å²) in [5.41, 5.74) is 0. The van der Waals surface area contributed by atoms with E-state index in [1.807, 2.05) is 0 Å². The molecule has 9 heteroatoms. The Morgan fingerprint density at radius 1 is 1.39 bits per heavy atom. The first-order valence-corrected chi connectivity index (χ1v) is 7.29. The summed E-state index contributed by atoms with van der Waals surface area (Å²) in [6, 6.07) is 1.58. The first kappa shape index (κ1) is 13.1. The highest BCUT2D eigenvalue weighted by atomic mass is 79.9. The van der Waals surface area contributed by atoms with Gasteiger partial charge >= 0.3 is 0 Å². The molecular weight excluding hydrogens is 322 g/mol. The SMILES string of the molecule is Cc1nc(S(=O)(=O)Nc2cc(Br)nn2C)cn1C. The lowest BCUT2D eigenvalue weighted by molar-refractivity contribution is 0.597. The van der Waals surface area contributed by atoms with Crippen LogP contribution in [0.2, 0.25) is 0 Å². The molecular formula is C9H12BrN5O2S. The Labute approximate surface area is 113 Å². The quantitative estimate of drug-likeness (QED) is 0.909. The van der Waals surface area contributed by atoms with Crippen LogP contribution in [0, 0.1) is 6.92 Å². The first-order chi connectivity index (χ1) is 8.29. The molecule has 0 fully saturated rings. The fraction of sp³-hybridized carbons (Fsp3) is 0.333. The Balaban J connectivity index is 2.35. The third kappa shape index (κ3) is 2.41. The van der Waals surface area contributed by atoms with E-state index in [1.165, 1.54) is 10.9 Å². The lowest BCUT2D eigenvalue weighted by Crippen LogP contribution is -2.15. The molecule has 0 aliphatic heterocycles. The van der Waals surface area contributed by atoms with Crippen molar-refractivity contribution in [3.05, 3.63) is 22.7 Å². The molecule has 0 unspecified atom stereocenters. The molecule has 1 N–H and O–H groups in total. The van der Waals surface area contributed by atoms with E-state index >= 15 is 0 Å². The zero-order valence-electron chi connectivity index (χ0n) is 10.0. The third-order valence-corrected chi connectivity index (χ3v) is 4.06. The van der Waals surface area contributed by atoms with Gasteiger partial charge in [0.25, 0.3) is 10.0 Å². The van der Waals surface area contributed by atoms with Crippen LogP contribution in [-0.4, -0.2) is 27.7 Å². The average Bonchev–Trinajstić information content (AvgIpc) is 2.72. The van der Waals surface area contributed by atoms with Gasteiger partial charge in [0, 0.05) is 26.4 Å². The number of aryl methyl sites for hydroxylation is 3. The van der Waals surface area contributed by atoms with Crippen molar-refractivity contribution >= 4 is 31.8 Å². The minimum Gasteiger partial charge on any atom is -0.337 e. The van der Waals surface area contributed by atoms with Crippen LogP contribution in [0.15, 0.2) is 21.9 Å². The lowest BCUT2D eigenvalue weighted by Gasteiger charge is -2.04. The molecule has 2 aromatic rings. The van der Waals surface area contributed by atoms with Gasteiger partial charge in [-0.1, -0.05) is 0 Å². The zero-order chi connectivity index (χ0) is 13.5. The van der Waals surface area contributed by atoms with Crippen LogP contribution in [0.5, 0.6) is 0 Å². The maximum Gasteiger partial charge on any atom is 0.282 e. The van der Waals surface area contributed by atoms with Crippen molar-refractivity contribution in [1.29, 1.82) is 0 Å². The molecule has 0 aliphatic carbocycles. The number of rotatable bonds is 3. The minimum atomic E-state index is -3.69. The Hall–Kier alpha value is -1.35. The van der Waals surface area contributed by atoms with Crippen molar-refractivity contribution in [1.82, 2.24) is 19.3 Å². The molecule has 0 bridgehead atoms. The fourth-order valence-electron chi connectivity index (χ4n) is 1.37. The molecule has 0 spiro atoms. The van der Waals surface area contributed by atoms with E-state index in [1.54, 1.807) is 31.7 Å². The second-order valence-electron chi connectivity index (χ2n) is 3.82. The summed E-state index contributed by atoms with van der Waals surface area (Å²) in [5, 5.41) is 3.98. The maximum atomic E-state index is 12.1. The topological polar surface area (TPSA) is 81.8 Å². The van der Waals surface area contributed by atoms with Crippen molar-refractivity contribution in [2.24, 2.45) is 14.1 Å². The summed E-state index contributed by atoms with van der Waals surface area (Å²) >= 11 is 3.18. The minimum absolute atomic E-state index is 0.0141. The van der Waals surface area contributed by atoms with Crippen LogP contribution in [-0.2, 0) is 24.1 Å². The summed E-state index contributed by atoms with van der Waals surface area (Å²) in [6.07, 6.45) is 1.46. The second kappa shape index (κ2) is 4.39. The number of sulfonamides is 1. The first-order valence-electron chi connectivity index (χ1n) is 5.02. The number of nitrogens with one attached hydrogen (secondary N) is 1. The highest BCUT2D eigenvalue weighted by Crippen LogP contribution is 2.18. The largest absolute Gasteiger partial charge is 0.337 e. The normalized spacial score (nSPS) is 11.8. The Kier molecular flexibility index (Phi) is 3.20. The van der Waals surface area contributed by atoms with E-state index in [2.05, 4.69) is 30.7 Å². The van der Waals surface area contributed by atoms with Crippen LogP contribution in [0.4, 0.5) is 5.82 Å². The zero-order valence-corrected chi connectivity index (χ0v) is 12.4. The average molecular weight is 334 g/mol. The second-order valence-corrected chi connectivity index (χ2v) is 6.26. The molecule has 0 saturated carbocycles. The molecule has 2 aromatic heterocycles. The van der Waals surface area contributed by atoms with Gasteiger partial charge in [0.2, 0.25) is 0 Å². The van der Waals surface area contributed by atoms with Crippen molar-refractivity contribution in [3.8, 4) is 0 Å². The molecule has 0 aliphatic rings. The predicted molar refractivity (Wildman–Crippen MR) is 69.7 cm³/mol. The molecule has 98 valence electrons. The van der Waals surface area contributed by atoms with Gasteiger partial charge in [0.1, 0.15) is 16.2 Å². The van der Waals surface area contributed by atoms with Gasteiger partial charge < -0.3 is 4.57 Å². The molecule has 7 nitrogen and oxygen atoms in total. The van der Waals surface area contributed by atoms with E-state index in [4.69, 9.17) is 0 Å². The molecule has 2 heterocycles. The van der Waals surface area contributed by atoms with E-state index in [0.717, 1.165) is 0 Å². The summed E-state index contributed by atoms with van der Waals surface area (Å²) in [4.78, 5) is 3.99. The van der Waals surface area contributed by atoms with Crippen molar-refractivity contribution in [2.45, 2.75) is 11.9 Å². The Morgan fingerprint density at radius 2 is 2.06 bits per heavy atom. The van der Waals surface area contributed by atoms with E-state index in [-0.39, 0.29) is 5.03 Å². The molecule has 0 aromatic carbocycles. The van der Waals surface area contributed by atoms with Gasteiger partial charge in [-0.15, -0.1) is 0 Å². The summed E-state index contributed by atoms with van der Waals surface area (Å²) in [5.74, 6) is 0.992. The predicted octanol–water partition coefficient (Wildman–Crippen LogP) is 1.03. The number of nitrogens with zero attached hydrogens (tertiary/aromatic N) is 4. The number of imidazole rings is 1. The summed E-state index contributed by atoms with van der Waals surface area (Å²) < 4.78 is 30.2. The standard InChI is InChI=1S/C9H12BrN5O2S/c1-6-11-9(5-14(6)2)18(16,17)13-8-4-7(10)12-15(8)3/h4-5,13H,1-3H3. The van der Waals surface area contributed by atoms with Crippen LogP contribution >= 0.6 is 15.9 Å². The van der Waals surface area contributed by atoms with Crippen LogP contribution in [0.1, 0.15) is 5.82 Å². The lowest BCUT2D eigenvalue weighted by atomic mass is 10.7. The van der Waals surface area contributed by atoms with Gasteiger partial charge in [-0.05, 0) is 22.9 Å².